The minimum absolute atomic E-state index is 0.282. The SMILES string of the molecule is CCC1COC(C)CN1C(=N)C1CCCC1. The van der Waals surface area contributed by atoms with Crippen LogP contribution < -0.4 is 0 Å². The number of morpholine rings is 1. The maximum absolute atomic E-state index is 8.37. The molecule has 16 heavy (non-hydrogen) atoms. The number of nitrogens with zero attached hydrogens (tertiary/aromatic N) is 1. The molecule has 3 nitrogen and oxygen atoms in total. The quantitative estimate of drug-likeness (QED) is 0.578. The zero-order chi connectivity index (χ0) is 11.5. The van der Waals surface area contributed by atoms with Crippen molar-refractivity contribution in [2.75, 3.05) is 13.2 Å². The smallest absolute Gasteiger partial charge is 0.0993 e. The summed E-state index contributed by atoms with van der Waals surface area (Å²) in [6, 6.07) is 0.435. The molecule has 2 aliphatic rings. The van der Waals surface area contributed by atoms with Crippen molar-refractivity contribution >= 4 is 5.84 Å². The summed E-state index contributed by atoms with van der Waals surface area (Å²) in [5, 5.41) is 8.37. The number of rotatable bonds is 2. The van der Waals surface area contributed by atoms with Crippen LogP contribution in [0.4, 0.5) is 0 Å². The molecular formula is C13H24N2O. The van der Waals surface area contributed by atoms with Gasteiger partial charge in [-0.15, -0.1) is 0 Å². The Hall–Kier alpha value is -0.570. The molecule has 1 saturated carbocycles. The molecule has 0 aromatic rings. The third-order valence-electron chi connectivity index (χ3n) is 3.99. The monoisotopic (exact) mass is 224 g/mol. The topological polar surface area (TPSA) is 36.3 Å². The minimum atomic E-state index is 0.282. The van der Waals surface area contributed by atoms with E-state index < -0.39 is 0 Å². The summed E-state index contributed by atoms with van der Waals surface area (Å²) in [5.74, 6) is 1.42. The molecule has 0 spiro atoms. The van der Waals surface area contributed by atoms with E-state index in [-0.39, 0.29) is 6.10 Å². The average Bonchev–Trinajstić information content (AvgIpc) is 2.81. The normalized spacial score (nSPS) is 32.0. The average molecular weight is 224 g/mol. The molecule has 1 aliphatic carbocycles. The maximum Gasteiger partial charge on any atom is 0.0993 e. The maximum atomic E-state index is 8.37. The molecule has 2 unspecified atom stereocenters. The number of hydrogen-bond donors (Lipinski definition) is 1. The van der Waals surface area contributed by atoms with Gasteiger partial charge in [0.15, 0.2) is 0 Å². The Kier molecular flexibility index (Phi) is 3.85. The second-order valence-corrected chi connectivity index (χ2v) is 5.23. The number of ether oxygens (including phenoxy) is 1. The molecule has 92 valence electrons. The molecule has 0 aromatic carbocycles. The van der Waals surface area contributed by atoms with Gasteiger partial charge in [0, 0.05) is 12.5 Å². The molecule has 2 atom stereocenters. The largest absolute Gasteiger partial charge is 0.375 e. The summed E-state index contributed by atoms with van der Waals surface area (Å²) in [5.41, 5.74) is 0. The van der Waals surface area contributed by atoms with Crippen LogP contribution >= 0.6 is 0 Å². The van der Waals surface area contributed by atoms with Crippen LogP contribution in [0.25, 0.3) is 0 Å². The highest BCUT2D eigenvalue weighted by molar-refractivity contribution is 5.82. The molecule has 1 aliphatic heterocycles. The van der Waals surface area contributed by atoms with Crippen LogP contribution in [-0.4, -0.2) is 36.0 Å². The summed E-state index contributed by atoms with van der Waals surface area (Å²) in [4.78, 5) is 2.31. The van der Waals surface area contributed by atoms with E-state index in [4.69, 9.17) is 10.1 Å². The van der Waals surface area contributed by atoms with Crippen molar-refractivity contribution in [3.05, 3.63) is 0 Å². The van der Waals surface area contributed by atoms with E-state index in [1.807, 2.05) is 0 Å². The van der Waals surface area contributed by atoms with Gasteiger partial charge < -0.3 is 9.64 Å². The van der Waals surface area contributed by atoms with E-state index >= 15 is 0 Å². The number of amidine groups is 1. The lowest BCUT2D eigenvalue weighted by atomic mass is 10.0. The molecule has 1 heterocycles. The highest BCUT2D eigenvalue weighted by Gasteiger charge is 2.31. The molecule has 0 radical (unpaired) electrons. The standard InChI is InChI=1S/C13H24N2O/c1-3-12-9-16-10(2)8-15(12)13(14)11-6-4-5-7-11/h10-12,14H,3-9H2,1-2H3. The van der Waals surface area contributed by atoms with Gasteiger partial charge in [0.05, 0.1) is 24.6 Å². The zero-order valence-corrected chi connectivity index (χ0v) is 10.5. The summed E-state index contributed by atoms with van der Waals surface area (Å²) < 4.78 is 5.69. The lowest BCUT2D eigenvalue weighted by Gasteiger charge is -2.41. The van der Waals surface area contributed by atoms with Crippen molar-refractivity contribution in [3.8, 4) is 0 Å². The number of hydrogen-bond acceptors (Lipinski definition) is 2. The van der Waals surface area contributed by atoms with Crippen LogP contribution in [0.15, 0.2) is 0 Å². The van der Waals surface area contributed by atoms with Gasteiger partial charge in [-0.1, -0.05) is 19.8 Å². The van der Waals surface area contributed by atoms with Gasteiger partial charge in [0.1, 0.15) is 0 Å². The summed E-state index contributed by atoms with van der Waals surface area (Å²) in [6.45, 7) is 6.01. The predicted octanol–water partition coefficient (Wildman–Crippen LogP) is 2.65. The molecular weight excluding hydrogens is 200 g/mol. The fourth-order valence-corrected chi connectivity index (χ4v) is 2.91. The molecule has 2 rings (SSSR count). The Labute approximate surface area is 98.7 Å². The lowest BCUT2D eigenvalue weighted by molar-refractivity contribution is -0.0304. The van der Waals surface area contributed by atoms with Gasteiger partial charge in [-0.3, -0.25) is 5.41 Å². The van der Waals surface area contributed by atoms with E-state index in [2.05, 4.69) is 18.7 Å². The summed E-state index contributed by atoms with van der Waals surface area (Å²) in [7, 11) is 0. The summed E-state index contributed by atoms with van der Waals surface area (Å²) >= 11 is 0. The molecule has 0 bridgehead atoms. The predicted molar refractivity (Wildman–Crippen MR) is 65.9 cm³/mol. The first kappa shape index (κ1) is 11.9. The van der Waals surface area contributed by atoms with Crippen molar-refractivity contribution in [3.63, 3.8) is 0 Å². The molecule has 2 fully saturated rings. The van der Waals surface area contributed by atoms with Gasteiger partial charge >= 0.3 is 0 Å². The third-order valence-corrected chi connectivity index (χ3v) is 3.99. The number of nitrogens with one attached hydrogen (secondary N) is 1. The van der Waals surface area contributed by atoms with Crippen LogP contribution in [0, 0.1) is 11.3 Å². The Bertz CT molecular complexity index is 248. The van der Waals surface area contributed by atoms with Gasteiger partial charge in [0.25, 0.3) is 0 Å². The van der Waals surface area contributed by atoms with Crippen LogP contribution in [0.1, 0.15) is 46.0 Å². The highest BCUT2D eigenvalue weighted by atomic mass is 16.5. The van der Waals surface area contributed by atoms with Gasteiger partial charge in [0.2, 0.25) is 0 Å². The first-order valence-electron chi connectivity index (χ1n) is 6.69. The van der Waals surface area contributed by atoms with Crippen molar-refractivity contribution < 1.29 is 4.74 Å². The Morgan fingerprint density at radius 2 is 2.06 bits per heavy atom. The minimum Gasteiger partial charge on any atom is -0.375 e. The molecule has 1 N–H and O–H groups in total. The first-order chi connectivity index (χ1) is 7.72. The molecule has 1 saturated heterocycles. The van der Waals surface area contributed by atoms with Gasteiger partial charge in [-0.05, 0) is 26.2 Å². The van der Waals surface area contributed by atoms with E-state index in [1.165, 1.54) is 25.7 Å². The lowest BCUT2D eigenvalue weighted by Crippen LogP contribution is -2.52. The van der Waals surface area contributed by atoms with Gasteiger partial charge in [-0.25, -0.2) is 0 Å². The summed E-state index contributed by atoms with van der Waals surface area (Å²) in [6.07, 6.45) is 6.43. The molecule has 0 aromatic heterocycles. The van der Waals surface area contributed by atoms with Crippen LogP contribution in [-0.2, 0) is 4.74 Å². The van der Waals surface area contributed by atoms with Crippen molar-refractivity contribution in [1.82, 2.24) is 4.90 Å². The van der Waals surface area contributed by atoms with Crippen LogP contribution in [0.3, 0.4) is 0 Å². The third kappa shape index (κ3) is 2.40. The van der Waals surface area contributed by atoms with E-state index in [0.29, 0.717) is 12.0 Å². The van der Waals surface area contributed by atoms with Crippen LogP contribution in [0.5, 0.6) is 0 Å². The van der Waals surface area contributed by atoms with E-state index in [9.17, 15) is 0 Å². The van der Waals surface area contributed by atoms with Crippen LogP contribution in [0.2, 0.25) is 0 Å². The first-order valence-corrected chi connectivity index (χ1v) is 6.69. The molecule has 0 amide bonds. The Morgan fingerprint density at radius 1 is 1.38 bits per heavy atom. The molecule has 3 heteroatoms. The van der Waals surface area contributed by atoms with Crippen molar-refractivity contribution in [2.24, 2.45) is 5.92 Å². The fraction of sp³-hybridized carbons (Fsp3) is 0.923. The van der Waals surface area contributed by atoms with E-state index in [1.54, 1.807) is 0 Å². The van der Waals surface area contributed by atoms with E-state index in [0.717, 1.165) is 25.4 Å². The second-order valence-electron chi connectivity index (χ2n) is 5.23. The van der Waals surface area contributed by atoms with Crippen molar-refractivity contribution in [2.45, 2.75) is 58.1 Å². The highest BCUT2D eigenvalue weighted by Crippen LogP contribution is 2.29. The fourth-order valence-electron chi connectivity index (χ4n) is 2.91. The second kappa shape index (κ2) is 5.17. The zero-order valence-electron chi connectivity index (χ0n) is 10.5. The Morgan fingerprint density at radius 3 is 2.69 bits per heavy atom. The van der Waals surface area contributed by atoms with Gasteiger partial charge in [-0.2, -0.15) is 0 Å². The Balaban J connectivity index is 2.00. The van der Waals surface area contributed by atoms with Crippen molar-refractivity contribution in [1.29, 1.82) is 5.41 Å².